The van der Waals surface area contributed by atoms with Gasteiger partial charge >= 0.3 is 0 Å². The largest absolute Gasteiger partial charge is 0.273 e. The van der Waals surface area contributed by atoms with E-state index >= 15 is 0 Å². The number of aryl methyl sites for hydroxylation is 3. The zero-order valence-electron chi connectivity index (χ0n) is 14.6. The van der Waals surface area contributed by atoms with E-state index in [4.69, 9.17) is 0 Å². The molecular weight excluding hydrogens is 312 g/mol. The van der Waals surface area contributed by atoms with Crippen molar-refractivity contribution in [1.29, 1.82) is 0 Å². The van der Waals surface area contributed by atoms with E-state index in [-0.39, 0.29) is 18.2 Å². The Labute approximate surface area is 148 Å². The van der Waals surface area contributed by atoms with E-state index in [1.54, 1.807) is 12.1 Å². The third-order valence-electron chi connectivity index (χ3n) is 4.72. The summed E-state index contributed by atoms with van der Waals surface area (Å²) in [6, 6.07) is 13.6. The van der Waals surface area contributed by atoms with Crippen molar-refractivity contribution in [1.82, 2.24) is 10.9 Å². The summed E-state index contributed by atoms with van der Waals surface area (Å²) in [5.41, 5.74) is 10.4. The minimum atomic E-state index is -0.304. The van der Waals surface area contributed by atoms with Gasteiger partial charge in [0, 0.05) is 5.56 Å². The van der Waals surface area contributed by atoms with Gasteiger partial charge in [-0.1, -0.05) is 37.3 Å². The van der Waals surface area contributed by atoms with Gasteiger partial charge in [0.15, 0.2) is 0 Å². The highest BCUT2D eigenvalue weighted by Gasteiger charge is 2.12. The summed E-state index contributed by atoms with van der Waals surface area (Å²) in [5, 5.41) is 0. The van der Waals surface area contributed by atoms with Crippen LogP contribution >= 0.6 is 0 Å². The number of rotatable bonds is 4. The predicted octanol–water partition coefficient (Wildman–Crippen LogP) is 3.13. The van der Waals surface area contributed by atoms with E-state index in [0.29, 0.717) is 5.56 Å². The minimum Gasteiger partial charge on any atom is -0.273 e. The second kappa shape index (κ2) is 7.97. The van der Waals surface area contributed by atoms with E-state index in [1.807, 2.05) is 18.2 Å². The number of hydrogen-bond donors (Lipinski definition) is 2. The summed E-state index contributed by atoms with van der Waals surface area (Å²) in [6.45, 7) is 2.07. The molecule has 0 heterocycles. The Bertz CT molecular complexity index is 766. The SMILES string of the molecule is CCc1ccc(C(=O)NNC(=O)Cc2ccc3c(c2)CCCC3)cc1. The van der Waals surface area contributed by atoms with Gasteiger partial charge < -0.3 is 0 Å². The predicted molar refractivity (Wildman–Crippen MR) is 98.2 cm³/mol. The van der Waals surface area contributed by atoms with Crippen LogP contribution in [0.15, 0.2) is 42.5 Å². The fourth-order valence-electron chi connectivity index (χ4n) is 3.22. The van der Waals surface area contributed by atoms with Crippen LogP contribution in [0.25, 0.3) is 0 Å². The zero-order valence-corrected chi connectivity index (χ0v) is 14.6. The lowest BCUT2D eigenvalue weighted by molar-refractivity contribution is -0.121. The highest BCUT2D eigenvalue weighted by molar-refractivity contribution is 5.95. The molecule has 0 radical (unpaired) electrons. The maximum atomic E-state index is 12.1. The average molecular weight is 336 g/mol. The van der Waals surface area contributed by atoms with E-state index in [1.165, 1.54) is 29.5 Å². The lowest BCUT2D eigenvalue weighted by atomic mass is 9.90. The summed E-state index contributed by atoms with van der Waals surface area (Å²) in [5.74, 6) is -0.518. The Morgan fingerprint density at radius 1 is 0.880 bits per heavy atom. The number of nitrogens with one attached hydrogen (secondary N) is 2. The molecule has 0 fully saturated rings. The average Bonchev–Trinajstić information content (AvgIpc) is 2.66. The Morgan fingerprint density at radius 3 is 2.28 bits per heavy atom. The van der Waals surface area contributed by atoms with E-state index in [0.717, 1.165) is 24.8 Å². The first kappa shape index (κ1) is 17.2. The van der Waals surface area contributed by atoms with Crippen LogP contribution in [-0.4, -0.2) is 11.8 Å². The molecule has 0 unspecified atom stereocenters. The van der Waals surface area contributed by atoms with Gasteiger partial charge in [0.1, 0.15) is 0 Å². The molecular formula is C21H24N2O2. The molecule has 25 heavy (non-hydrogen) atoms. The highest BCUT2D eigenvalue weighted by Crippen LogP contribution is 2.22. The molecule has 3 rings (SSSR count). The van der Waals surface area contributed by atoms with Gasteiger partial charge in [-0.15, -0.1) is 0 Å². The summed E-state index contributed by atoms with van der Waals surface area (Å²) in [7, 11) is 0. The molecule has 0 atom stereocenters. The zero-order chi connectivity index (χ0) is 17.6. The maximum absolute atomic E-state index is 12.1. The molecule has 0 saturated carbocycles. The monoisotopic (exact) mass is 336 g/mol. The van der Waals surface area contributed by atoms with Crippen molar-refractivity contribution in [3.63, 3.8) is 0 Å². The fourth-order valence-corrected chi connectivity index (χ4v) is 3.22. The van der Waals surface area contributed by atoms with Crippen LogP contribution in [0.2, 0.25) is 0 Å². The minimum absolute atomic E-state index is 0.214. The van der Waals surface area contributed by atoms with Crippen molar-refractivity contribution >= 4 is 11.8 Å². The molecule has 130 valence electrons. The van der Waals surface area contributed by atoms with Crippen LogP contribution in [-0.2, 0) is 30.5 Å². The lowest BCUT2D eigenvalue weighted by Gasteiger charge is -2.16. The molecule has 2 amide bonds. The van der Waals surface area contributed by atoms with E-state index in [9.17, 15) is 9.59 Å². The summed E-state index contributed by atoms with van der Waals surface area (Å²) in [4.78, 5) is 24.2. The van der Waals surface area contributed by atoms with Gasteiger partial charge in [-0.05, 0) is 66.5 Å². The van der Waals surface area contributed by atoms with Gasteiger partial charge in [-0.25, -0.2) is 0 Å². The topological polar surface area (TPSA) is 58.2 Å². The molecule has 2 aromatic rings. The van der Waals surface area contributed by atoms with Gasteiger partial charge in [0.05, 0.1) is 6.42 Å². The second-order valence-electron chi connectivity index (χ2n) is 6.54. The van der Waals surface area contributed by atoms with Gasteiger partial charge in [-0.2, -0.15) is 0 Å². The Balaban J connectivity index is 1.53. The van der Waals surface area contributed by atoms with Crippen LogP contribution in [0, 0.1) is 0 Å². The standard InChI is InChI=1S/C21H24N2O2/c1-2-15-7-11-18(12-8-15)21(25)23-22-20(24)14-16-9-10-17-5-3-4-6-19(17)13-16/h7-13H,2-6,14H2,1H3,(H,22,24)(H,23,25). The van der Waals surface area contributed by atoms with Crippen molar-refractivity contribution in [3.05, 3.63) is 70.3 Å². The van der Waals surface area contributed by atoms with Crippen LogP contribution in [0.4, 0.5) is 0 Å². The lowest BCUT2D eigenvalue weighted by Crippen LogP contribution is -2.42. The van der Waals surface area contributed by atoms with Gasteiger partial charge in [0.25, 0.3) is 5.91 Å². The fraction of sp³-hybridized carbons (Fsp3) is 0.333. The smallest absolute Gasteiger partial charge is 0.269 e. The first-order valence-electron chi connectivity index (χ1n) is 8.94. The van der Waals surface area contributed by atoms with Crippen LogP contribution in [0.1, 0.15) is 52.4 Å². The van der Waals surface area contributed by atoms with E-state index in [2.05, 4.69) is 29.9 Å². The molecule has 1 aliphatic carbocycles. The molecule has 0 spiro atoms. The Morgan fingerprint density at radius 2 is 1.56 bits per heavy atom. The normalized spacial score (nSPS) is 13.0. The van der Waals surface area contributed by atoms with Crippen molar-refractivity contribution in [2.45, 2.75) is 45.4 Å². The molecule has 2 aromatic carbocycles. The maximum Gasteiger partial charge on any atom is 0.269 e. The van der Waals surface area contributed by atoms with Crippen molar-refractivity contribution < 1.29 is 9.59 Å². The van der Waals surface area contributed by atoms with Gasteiger partial charge in [-0.3, -0.25) is 20.4 Å². The Hall–Kier alpha value is -2.62. The number of hydrazine groups is 1. The number of fused-ring (bicyclic) bond motifs is 1. The number of amides is 2. The van der Waals surface area contributed by atoms with Crippen LogP contribution in [0.5, 0.6) is 0 Å². The molecule has 4 nitrogen and oxygen atoms in total. The number of benzene rings is 2. The van der Waals surface area contributed by atoms with Crippen molar-refractivity contribution in [2.24, 2.45) is 0 Å². The Kier molecular flexibility index (Phi) is 5.49. The van der Waals surface area contributed by atoms with Crippen molar-refractivity contribution in [3.8, 4) is 0 Å². The molecule has 2 N–H and O–H groups in total. The summed E-state index contributed by atoms with van der Waals surface area (Å²) >= 11 is 0. The molecule has 0 aliphatic heterocycles. The summed E-state index contributed by atoms with van der Waals surface area (Å²) in [6.07, 6.45) is 5.89. The highest BCUT2D eigenvalue weighted by atomic mass is 16.2. The summed E-state index contributed by atoms with van der Waals surface area (Å²) < 4.78 is 0. The number of carbonyl (C=O) groups is 2. The quantitative estimate of drug-likeness (QED) is 0.843. The van der Waals surface area contributed by atoms with E-state index < -0.39 is 0 Å². The molecule has 0 aromatic heterocycles. The second-order valence-corrected chi connectivity index (χ2v) is 6.54. The molecule has 1 aliphatic rings. The first-order valence-corrected chi connectivity index (χ1v) is 8.94. The molecule has 0 bridgehead atoms. The third-order valence-corrected chi connectivity index (χ3v) is 4.72. The van der Waals surface area contributed by atoms with Gasteiger partial charge in [0.2, 0.25) is 5.91 Å². The van der Waals surface area contributed by atoms with Crippen LogP contribution < -0.4 is 10.9 Å². The number of carbonyl (C=O) groups excluding carboxylic acids is 2. The number of hydrogen-bond acceptors (Lipinski definition) is 2. The van der Waals surface area contributed by atoms with Crippen molar-refractivity contribution in [2.75, 3.05) is 0 Å². The van der Waals surface area contributed by atoms with Crippen LogP contribution in [0.3, 0.4) is 0 Å². The molecule has 4 heteroatoms. The third kappa shape index (κ3) is 4.47. The molecule has 0 saturated heterocycles. The first-order chi connectivity index (χ1) is 12.2.